The highest BCUT2D eigenvalue weighted by Gasteiger charge is 2.93. The molecule has 5 rings (SSSR count). The van der Waals surface area contributed by atoms with Crippen LogP contribution < -0.4 is 4.90 Å². The summed E-state index contributed by atoms with van der Waals surface area (Å²) in [5.41, 5.74) is 1.24. The van der Waals surface area contributed by atoms with Crippen LogP contribution in [0.5, 0.6) is 0 Å². The molecule has 3 heterocycles. The van der Waals surface area contributed by atoms with Gasteiger partial charge in [0, 0.05) is 24.6 Å². The van der Waals surface area contributed by atoms with Crippen LogP contribution in [0.4, 0.5) is 5.82 Å². The lowest BCUT2D eigenvalue weighted by molar-refractivity contribution is 0.662. The van der Waals surface area contributed by atoms with Crippen molar-refractivity contribution < 1.29 is 0 Å². The van der Waals surface area contributed by atoms with E-state index in [1.165, 1.54) is 5.56 Å². The molecular formula is C12H11N3. The van der Waals surface area contributed by atoms with E-state index in [-0.39, 0.29) is 5.41 Å². The number of nitrogens with zero attached hydrogens (tertiary/aromatic N) is 3. The van der Waals surface area contributed by atoms with Gasteiger partial charge in [-0.05, 0) is 18.6 Å². The van der Waals surface area contributed by atoms with Gasteiger partial charge in [0.1, 0.15) is 5.82 Å². The highest BCUT2D eigenvalue weighted by molar-refractivity contribution is 5.62. The summed E-state index contributed by atoms with van der Waals surface area (Å²) in [5, 5.41) is 9.10. The van der Waals surface area contributed by atoms with Gasteiger partial charge in [0.15, 0.2) is 0 Å². The van der Waals surface area contributed by atoms with Gasteiger partial charge in [-0.3, -0.25) is 0 Å². The third-order valence-corrected chi connectivity index (χ3v) is 4.32. The number of piperidine rings is 1. The summed E-state index contributed by atoms with van der Waals surface area (Å²) in [6, 6.07) is 7.14. The minimum Gasteiger partial charge on any atom is -0.351 e. The van der Waals surface area contributed by atoms with Crippen molar-refractivity contribution in [3.63, 3.8) is 0 Å². The third-order valence-electron chi connectivity index (χ3n) is 4.32. The Morgan fingerprint density at radius 1 is 1.60 bits per heavy atom. The molecule has 3 heteroatoms. The van der Waals surface area contributed by atoms with Crippen molar-refractivity contribution in [1.82, 2.24) is 4.98 Å². The number of aryl methyl sites for hydroxylation is 1. The number of aromatic nitrogens is 1. The first-order valence-electron chi connectivity index (χ1n) is 5.39. The number of fused-ring (bicyclic) bond motifs is 1. The summed E-state index contributed by atoms with van der Waals surface area (Å²) in [6.45, 7) is 3.08. The van der Waals surface area contributed by atoms with E-state index in [4.69, 9.17) is 5.26 Å². The van der Waals surface area contributed by atoms with Crippen LogP contribution in [0.3, 0.4) is 0 Å². The Balaban J connectivity index is 1.68. The highest BCUT2D eigenvalue weighted by atomic mass is 15.4. The largest absolute Gasteiger partial charge is 0.351 e. The number of rotatable bonds is 1. The van der Waals surface area contributed by atoms with Crippen molar-refractivity contribution in [2.75, 3.05) is 11.4 Å². The molecule has 15 heavy (non-hydrogen) atoms. The predicted molar refractivity (Wildman–Crippen MR) is 55.1 cm³/mol. The summed E-state index contributed by atoms with van der Waals surface area (Å²) in [5.74, 6) is 2.37. The van der Waals surface area contributed by atoms with Gasteiger partial charge >= 0.3 is 0 Å². The maximum atomic E-state index is 9.10. The first kappa shape index (κ1) is 7.70. The van der Waals surface area contributed by atoms with Gasteiger partial charge in [-0.25, -0.2) is 4.98 Å². The monoisotopic (exact) mass is 197 g/mol. The van der Waals surface area contributed by atoms with Crippen molar-refractivity contribution in [2.45, 2.75) is 13.0 Å². The number of pyridine rings is 1. The van der Waals surface area contributed by atoms with Crippen molar-refractivity contribution >= 4 is 5.82 Å². The number of hydrogen-bond acceptors (Lipinski definition) is 3. The molecule has 1 aromatic rings. The van der Waals surface area contributed by atoms with Gasteiger partial charge in [-0.2, -0.15) is 5.26 Å². The molecule has 2 aliphatic heterocycles. The molecule has 4 fully saturated rings. The molecule has 0 amide bonds. The Kier molecular flexibility index (Phi) is 1.03. The first-order valence-corrected chi connectivity index (χ1v) is 5.39. The lowest BCUT2D eigenvalue weighted by Crippen LogP contribution is -2.22. The van der Waals surface area contributed by atoms with Crippen LogP contribution in [-0.2, 0) is 0 Å². The van der Waals surface area contributed by atoms with Gasteiger partial charge in [-0.15, -0.1) is 0 Å². The molecule has 2 saturated carbocycles. The van der Waals surface area contributed by atoms with Gasteiger partial charge in [-0.1, -0.05) is 6.07 Å². The zero-order valence-corrected chi connectivity index (χ0v) is 8.51. The second-order valence-corrected chi connectivity index (χ2v) is 4.97. The van der Waals surface area contributed by atoms with Crippen LogP contribution in [0.1, 0.15) is 5.56 Å². The van der Waals surface area contributed by atoms with Crippen LogP contribution in [-0.4, -0.2) is 17.6 Å². The standard InChI is InChI=1S/C12H11N3/c1-7-2-3-9(14-4-7)15-5-8-10-11(15)12(8,10)6-13/h2-4,8,10-11H,5H2,1H3/t8-,10-,11?,12+/m1/s1. The molecule has 0 N–H and O–H groups in total. The quantitative estimate of drug-likeness (QED) is 0.682. The van der Waals surface area contributed by atoms with Crippen LogP contribution in [0.15, 0.2) is 18.3 Å². The predicted octanol–water partition coefficient (Wildman–Crippen LogP) is 1.35. The van der Waals surface area contributed by atoms with E-state index in [1.54, 1.807) is 0 Å². The fourth-order valence-corrected chi connectivity index (χ4v) is 3.38. The van der Waals surface area contributed by atoms with Gasteiger partial charge < -0.3 is 4.90 Å². The summed E-state index contributed by atoms with van der Waals surface area (Å²) in [7, 11) is 0. The molecule has 0 radical (unpaired) electrons. The molecule has 74 valence electrons. The van der Waals surface area contributed by atoms with E-state index in [0.717, 1.165) is 12.4 Å². The molecule has 2 saturated heterocycles. The highest BCUT2D eigenvalue weighted by Crippen LogP contribution is 2.85. The molecule has 0 aromatic carbocycles. The molecule has 4 aliphatic rings. The Labute approximate surface area is 88.3 Å². The molecule has 4 atom stereocenters. The molecule has 0 spiro atoms. The van der Waals surface area contributed by atoms with Crippen molar-refractivity contribution in [2.24, 2.45) is 17.3 Å². The maximum absolute atomic E-state index is 9.10. The average molecular weight is 197 g/mol. The molecule has 1 unspecified atom stereocenters. The molecule has 2 aliphatic carbocycles. The Hall–Kier alpha value is -1.56. The van der Waals surface area contributed by atoms with Crippen LogP contribution >= 0.6 is 0 Å². The molecular weight excluding hydrogens is 186 g/mol. The van der Waals surface area contributed by atoms with Crippen LogP contribution in [0, 0.1) is 35.5 Å². The van der Waals surface area contributed by atoms with E-state index >= 15 is 0 Å². The van der Waals surface area contributed by atoms with Gasteiger partial charge in [0.25, 0.3) is 0 Å². The van der Waals surface area contributed by atoms with Crippen molar-refractivity contribution in [1.29, 1.82) is 5.26 Å². The Morgan fingerprint density at radius 2 is 2.47 bits per heavy atom. The van der Waals surface area contributed by atoms with Crippen LogP contribution in [0.25, 0.3) is 0 Å². The zero-order chi connectivity index (χ0) is 10.2. The maximum Gasteiger partial charge on any atom is 0.128 e. The van der Waals surface area contributed by atoms with E-state index in [9.17, 15) is 0 Å². The Bertz CT molecular complexity index is 481. The fourth-order valence-electron chi connectivity index (χ4n) is 3.38. The molecule has 1 aromatic heterocycles. The second-order valence-electron chi connectivity index (χ2n) is 4.97. The van der Waals surface area contributed by atoms with Gasteiger partial charge in [0.05, 0.1) is 17.5 Å². The fraction of sp³-hybridized carbons (Fsp3) is 0.500. The lowest BCUT2D eigenvalue weighted by atomic mass is 10.1. The summed E-state index contributed by atoms with van der Waals surface area (Å²) < 4.78 is 0. The van der Waals surface area contributed by atoms with Crippen molar-refractivity contribution in [3.05, 3.63) is 23.9 Å². The number of nitriles is 1. The number of anilines is 1. The number of hydrogen-bond donors (Lipinski definition) is 0. The average Bonchev–Trinajstić information content (AvgIpc) is 2.98. The van der Waals surface area contributed by atoms with E-state index in [1.807, 2.05) is 13.1 Å². The minimum absolute atomic E-state index is 0.0482. The summed E-state index contributed by atoms with van der Waals surface area (Å²) in [4.78, 5) is 6.75. The normalized spacial score (nSPS) is 43.5. The zero-order valence-electron chi connectivity index (χ0n) is 8.51. The van der Waals surface area contributed by atoms with Crippen LogP contribution in [0.2, 0.25) is 0 Å². The molecule has 2 bridgehead atoms. The Morgan fingerprint density at radius 3 is 3.00 bits per heavy atom. The molecule has 3 nitrogen and oxygen atoms in total. The minimum atomic E-state index is 0.0482. The summed E-state index contributed by atoms with van der Waals surface area (Å²) >= 11 is 0. The van der Waals surface area contributed by atoms with E-state index in [2.05, 4.69) is 28.1 Å². The smallest absolute Gasteiger partial charge is 0.128 e. The lowest BCUT2D eigenvalue weighted by Gasteiger charge is -2.16. The SMILES string of the molecule is Cc1ccc(N2C[C@@H]3[C@@H]4C2[C@@]34C#N)nc1. The van der Waals surface area contributed by atoms with Crippen molar-refractivity contribution in [3.8, 4) is 6.07 Å². The van der Waals surface area contributed by atoms with E-state index < -0.39 is 0 Å². The first-order chi connectivity index (χ1) is 7.29. The van der Waals surface area contributed by atoms with Gasteiger partial charge in [0.2, 0.25) is 0 Å². The van der Waals surface area contributed by atoms with E-state index in [0.29, 0.717) is 17.9 Å². The third kappa shape index (κ3) is 0.657. The second kappa shape index (κ2) is 2.01. The summed E-state index contributed by atoms with van der Waals surface area (Å²) in [6.07, 6.45) is 1.90. The topological polar surface area (TPSA) is 39.9 Å².